The van der Waals surface area contributed by atoms with Crippen LogP contribution >= 0.6 is 0 Å². The second-order valence-corrected chi connectivity index (χ2v) is 9.32. The number of aliphatic hydroxyl groups is 6. The molecule has 8 atom stereocenters. The van der Waals surface area contributed by atoms with Crippen molar-refractivity contribution < 1.29 is 69.3 Å². The molecule has 216 valence electrons. The average Bonchev–Trinajstić information content (AvgIpc) is 2.93. The number of fused-ring (bicyclic) bond motifs is 1. The Bertz CT molecular complexity index is 1440. The molecule has 40 heavy (non-hydrogen) atoms. The van der Waals surface area contributed by atoms with Crippen LogP contribution in [0.15, 0.2) is 39.5 Å². The van der Waals surface area contributed by atoms with Gasteiger partial charge in [0.25, 0.3) is 0 Å². The van der Waals surface area contributed by atoms with E-state index in [1.54, 1.807) is 0 Å². The van der Waals surface area contributed by atoms with E-state index in [1.807, 2.05) is 0 Å². The SMILES string of the molecule is O=c1cc(-c2ccc(O)cc2)oc2c(O[C@@H]3OC[C@@H](O)[C@@H](O)[C@@H]3O)c(O)c(O[C@@H]3OC[C@@H](O)[C@H](O)[C@@H]3O)c(O)c12. The molecule has 3 heterocycles. The van der Waals surface area contributed by atoms with E-state index in [-0.39, 0.29) is 11.5 Å². The Balaban J connectivity index is 1.66. The van der Waals surface area contributed by atoms with Gasteiger partial charge in [-0.05, 0) is 24.3 Å². The molecule has 0 radical (unpaired) electrons. The lowest BCUT2D eigenvalue weighted by atomic mass is 10.1. The zero-order valence-corrected chi connectivity index (χ0v) is 20.4. The van der Waals surface area contributed by atoms with Crippen LogP contribution in [0.25, 0.3) is 22.3 Å². The van der Waals surface area contributed by atoms with Gasteiger partial charge in [-0.15, -0.1) is 0 Å². The van der Waals surface area contributed by atoms with Gasteiger partial charge < -0.3 is 69.3 Å². The molecule has 2 fully saturated rings. The number of aliphatic hydroxyl groups excluding tert-OH is 6. The van der Waals surface area contributed by atoms with Gasteiger partial charge in [0.05, 0.1) is 13.2 Å². The zero-order valence-electron chi connectivity index (χ0n) is 20.4. The number of hydrogen-bond acceptors (Lipinski definition) is 15. The summed E-state index contributed by atoms with van der Waals surface area (Å²) < 4.78 is 27.2. The summed E-state index contributed by atoms with van der Waals surface area (Å²) in [7, 11) is 0. The third kappa shape index (κ3) is 4.89. The van der Waals surface area contributed by atoms with Crippen LogP contribution in [0.3, 0.4) is 0 Å². The second kappa shape index (κ2) is 10.7. The van der Waals surface area contributed by atoms with Gasteiger partial charge in [-0.25, -0.2) is 0 Å². The number of phenolic OH excluding ortho intramolecular Hbond substituents is 3. The van der Waals surface area contributed by atoms with Gasteiger partial charge in [0.15, 0.2) is 16.8 Å². The Labute approximate surface area is 223 Å². The lowest BCUT2D eigenvalue weighted by Crippen LogP contribution is -2.55. The molecule has 2 aliphatic rings. The van der Waals surface area contributed by atoms with Crippen LogP contribution in [0.2, 0.25) is 0 Å². The quantitative estimate of drug-likeness (QED) is 0.165. The number of rotatable bonds is 5. The van der Waals surface area contributed by atoms with Crippen molar-refractivity contribution in [3.05, 3.63) is 40.6 Å². The first-order chi connectivity index (χ1) is 19.0. The molecule has 5 rings (SSSR count). The van der Waals surface area contributed by atoms with E-state index in [4.69, 9.17) is 23.4 Å². The van der Waals surface area contributed by atoms with Crippen LogP contribution in [0.4, 0.5) is 0 Å². The largest absolute Gasteiger partial charge is 0.508 e. The highest BCUT2D eigenvalue weighted by Crippen LogP contribution is 2.51. The molecule has 0 amide bonds. The van der Waals surface area contributed by atoms with Crippen LogP contribution < -0.4 is 14.9 Å². The number of ether oxygens (including phenoxy) is 4. The summed E-state index contributed by atoms with van der Waals surface area (Å²) >= 11 is 0. The standard InChI is InChI=1S/C25H26O15/c26-9-3-1-8(2-4-9)13-5-10(27)14-17(32)22(39-24-18(33)15(30)11(28)6-36-24)20(35)23(21(14)38-13)40-25-19(34)16(31)12(29)7-37-25/h1-5,11-12,15-16,18-19,24-26,28-35H,6-7H2/t11-,12-,15+,16-,18+,19+,24+,25+/m1/s1. The van der Waals surface area contributed by atoms with Gasteiger partial charge in [0, 0.05) is 11.6 Å². The van der Waals surface area contributed by atoms with Gasteiger partial charge in [0.2, 0.25) is 29.8 Å². The lowest BCUT2D eigenvalue weighted by molar-refractivity contribution is -0.243. The molecule has 3 aromatic rings. The summed E-state index contributed by atoms with van der Waals surface area (Å²) in [6, 6.07) is 6.48. The average molecular weight is 566 g/mol. The molecular weight excluding hydrogens is 540 g/mol. The first-order valence-electron chi connectivity index (χ1n) is 12.0. The number of benzene rings is 2. The molecule has 2 saturated heterocycles. The Kier molecular flexibility index (Phi) is 7.47. The molecule has 1 aromatic heterocycles. The molecule has 9 N–H and O–H groups in total. The smallest absolute Gasteiger partial charge is 0.229 e. The highest BCUT2D eigenvalue weighted by atomic mass is 16.7. The molecule has 0 unspecified atom stereocenters. The van der Waals surface area contributed by atoms with E-state index >= 15 is 0 Å². The predicted octanol–water partition coefficient (Wildman–Crippen LogP) is -1.79. The molecule has 2 aromatic carbocycles. The summed E-state index contributed by atoms with van der Waals surface area (Å²) in [5.41, 5.74) is -1.10. The van der Waals surface area contributed by atoms with Crippen molar-refractivity contribution in [2.24, 2.45) is 0 Å². The maximum Gasteiger partial charge on any atom is 0.229 e. The van der Waals surface area contributed by atoms with Crippen molar-refractivity contribution in [2.45, 2.75) is 49.2 Å². The van der Waals surface area contributed by atoms with Crippen LogP contribution in [-0.4, -0.2) is 108 Å². The Morgan fingerprint density at radius 1 is 0.700 bits per heavy atom. The Hall–Kier alpha value is -3.67. The van der Waals surface area contributed by atoms with Crippen molar-refractivity contribution >= 4 is 11.0 Å². The maximum absolute atomic E-state index is 13.2. The summed E-state index contributed by atoms with van der Waals surface area (Å²) in [5, 5.41) is 91.2. The molecule has 0 bridgehead atoms. The van der Waals surface area contributed by atoms with Gasteiger partial charge in [0.1, 0.15) is 53.5 Å². The van der Waals surface area contributed by atoms with Crippen LogP contribution in [0.1, 0.15) is 0 Å². The minimum absolute atomic E-state index is 0.0677. The molecule has 15 heteroatoms. The first kappa shape index (κ1) is 27.9. The van der Waals surface area contributed by atoms with Gasteiger partial charge in [-0.2, -0.15) is 0 Å². The molecule has 15 nitrogen and oxygen atoms in total. The fourth-order valence-corrected chi connectivity index (χ4v) is 4.30. The summed E-state index contributed by atoms with van der Waals surface area (Å²) in [6.45, 7) is -0.962. The highest BCUT2D eigenvalue weighted by molar-refractivity contribution is 5.95. The van der Waals surface area contributed by atoms with Crippen LogP contribution in [0.5, 0.6) is 28.7 Å². The van der Waals surface area contributed by atoms with Crippen LogP contribution in [-0.2, 0) is 9.47 Å². The number of hydrogen-bond donors (Lipinski definition) is 9. The summed E-state index contributed by atoms with van der Waals surface area (Å²) in [6.07, 6.45) is -13.5. The van der Waals surface area contributed by atoms with Gasteiger partial charge in [-0.1, -0.05) is 0 Å². The zero-order chi connectivity index (χ0) is 28.9. The van der Waals surface area contributed by atoms with E-state index in [0.29, 0.717) is 5.56 Å². The fraction of sp³-hybridized carbons (Fsp3) is 0.400. The first-order valence-corrected chi connectivity index (χ1v) is 12.0. The van der Waals surface area contributed by atoms with Gasteiger partial charge in [-0.3, -0.25) is 4.79 Å². The topological polar surface area (TPSA) is 249 Å². The van der Waals surface area contributed by atoms with Crippen molar-refractivity contribution in [3.63, 3.8) is 0 Å². The normalized spacial score (nSPS) is 30.8. The minimum Gasteiger partial charge on any atom is -0.508 e. The molecule has 0 spiro atoms. The van der Waals surface area contributed by atoms with Crippen molar-refractivity contribution in [1.82, 2.24) is 0 Å². The molecule has 0 aliphatic carbocycles. The Morgan fingerprint density at radius 3 is 1.77 bits per heavy atom. The number of aromatic hydroxyl groups is 3. The fourth-order valence-electron chi connectivity index (χ4n) is 4.30. The predicted molar refractivity (Wildman–Crippen MR) is 130 cm³/mol. The van der Waals surface area contributed by atoms with E-state index in [2.05, 4.69) is 0 Å². The third-order valence-corrected chi connectivity index (χ3v) is 6.56. The summed E-state index contributed by atoms with van der Waals surface area (Å²) in [4.78, 5) is 13.2. The number of phenols is 3. The van der Waals surface area contributed by atoms with E-state index in [0.717, 1.165) is 6.07 Å². The van der Waals surface area contributed by atoms with Crippen molar-refractivity contribution in [1.29, 1.82) is 0 Å². The van der Waals surface area contributed by atoms with Crippen LogP contribution in [0, 0.1) is 0 Å². The van der Waals surface area contributed by atoms with Crippen molar-refractivity contribution in [3.8, 4) is 40.1 Å². The van der Waals surface area contributed by atoms with Gasteiger partial charge >= 0.3 is 0 Å². The third-order valence-electron chi connectivity index (χ3n) is 6.56. The maximum atomic E-state index is 13.2. The molecule has 2 aliphatic heterocycles. The second-order valence-electron chi connectivity index (χ2n) is 9.32. The van der Waals surface area contributed by atoms with E-state index in [1.165, 1.54) is 24.3 Å². The molecular formula is C25H26O15. The molecule has 0 saturated carbocycles. The lowest BCUT2D eigenvalue weighted by Gasteiger charge is -2.36. The highest BCUT2D eigenvalue weighted by Gasteiger charge is 2.42. The van der Waals surface area contributed by atoms with E-state index < -0.39 is 102 Å². The summed E-state index contributed by atoms with van der Waals surface area (Å²) in [5.74, 6) is -3.71. The Morgan fingerprint density at radius 2 is 1.23 bits per heavy atom. The van der Waals surface area contributed by atoms with E-state index in [9.17, 15) is 50.8 Å². The van der Waals surface area contributed by atoms with Crippen molar-refractivity contribution in [2.75, 3.05) is 13.2 Å². The monoisotopic (exact) mass is 566 g/mol. The minimum atomic E-state index is -1.85.